The molecule has 1 aliphatic carbocycles. The molecule has 0 bridgehead atoms. The Bertz CT molecular complexity index is 1760. The van der Waals surface area contributed by atoms with E-state index in [9.17, 15) is 0 Å². The second kappa shape index (κ2) is 7.11. The quantitative estimate of drug-likeness (QED) is 0.204. The lowest BCUT2D eigenvalue weighted by Crippen LogP contribution is -2.34. The van der Waals surface area contributed by atoms with E-state index in [2.05, 4.69) is 124 Å². The third-order valence-corrected chi connectivity index (χ3v) is 8.16. The Kier molecular flexibility index (Phi) is 4.12. The molecule has 1 unspecified atom stereocenters. The zero-order valence-corrected chi connectivity index (χ0v) is 19.6. The molecule has 0 spiro atoms. The molecular formula is C32H24B2. The Balaban J connectivity index is 1.72. The van der Waals surface area contributed by atoms with Gasteiger partial charge in [-0.15, -0.1) is 0 Å². The highest BCUT2D eigenvalue weighted by molar-refractivity contribution is 6.91. The van der Waals surface area contributed by atoms with Crippen LogP contribution in [0.1, 0.15) is 18.1 Å². The minimum absolute atomic E-state index is 0.0370. The molecule has 1 aliphatic rings. The van der Waals surface area contributed by atoms with Crippen LogP contribution in [0.25, 0.3) is 54.6 Å². The van der Waals surface area contributed by atoms with E-state index in [1.165, 1.54) is 65.7 Å². The van der Waals surface area contributed by atoms with Gasteiger partial charge in [-0.05, 0) is 77.1 Å². The zero-order chi connectivity index (χ0) is 22.9. The van der Waals surface area contributed by atoms with Crippen molar-refractivity contribution in [2.75, 3.05) is 0 Å². The Morgan fingerprint density at radius 2 is 1.29 bits per heavy atom. The Morgan fingerprint density at radius 1 is 0.618 bits per heavy atom. The predicted molar refractivity (Wildman–Crippen MR) is 152 cm³/mol. The molecule has 0 saturated carbocycles. The lowest BCUT2D eigenvalue weighted by molar-refractivity contribution is 0.830. The van der Waals surface area contributed by atoms with Gasteiger partial charge in [-0.3, -0.25) is 0 Å². The number of benzene rings is 6. The Morgan fingerprint density at radius 3 is 2.15 bits per heavy atom. The van der Waals surface area contributed by atoms with Crippen LogP contribution in [0, 0.1) is 0 Å². The first-order valence-electron chi connectivity index (χ1n) is 12.3. The van der Waals surface area contributed by atoms with E-state index in [0.717, 1.165) is 7.17 Å². The van der Waals surface area contributed by atoms with Crippen LogP contribution in [0.2, 0.25) is 0 Å². The summed E-state index contributed by atoms with van der Waals surface area (Å²) in [4.78, 5) is 0. The highest BCUT2D eigenvalue weighted by atomic mass is 14.4. The van der Waals surface area contributed by atoms with Crippen molar-refractivity contribution >= 4 is 47.2 Å². The van der Waals surface area contributed by atoms with E-state index in [0.29, 0.717) is 0 Å². The van der Waals surface area contributed by atoms with Crippen molar-refractivity contribution in [2.24, 2.45) is 0 Å². The van der Waals surface area contributed by atoms with Crippen molar-refractivity contribution in [3.63, 3.8) is 0 Å². The van der Waals surface area contributed by atoms with E-state index in [-0.39, 0.29) is 5.31 Å². The maximum atomic E-state index is 2.44. The summed E-state index contributed by atoms with van der Waals surface area (Å²) in [6.45, 7) is 2.44. The van der Waals surface area contributed by atoms with Crippen LogP contribution < -0.4 is 0 Å². The fourth-order valence-corrected chi connectivity index (χ4v) is 6.38. The van der Waals surface area contributed by atoms with Gasteiger partial charge >= 0.3 is 0 Å². The monoisotopic (exact) mass is 430 g/mol. The first-order valence-corrected chi connectivity index (χ1v) is 12.3. The van der Waals surface area contributed by atoms with Gasteiger partial charge in [0.2, 0.25) is 0 Å². The minimum Gasteiger partial charge on any atom is -0.0619 e. The third kappa shape index (κ3) is 2.51. The van der Waals surface area contributed by atoms with E-state index in [1.807, 2.05) is 0 Å². The molecule has 0 saturated heterocycles. The van der Waals surface area contributed by atoms with E-state index in [1.54, 1.807) is 0 Å². The number of hydrogen-bond acceptors (Lipinski definition) is 0. The molecule has 6 aromatic rings. The number of fused-ring (bicyclic) bond motifs is 5. The van der Waals surface area contributed by atoms with Crippen LogP contribution in [0.5, 0.6) is 0 Å². The van der Waals surface area contributed by atoms with Crippen LogP contribution in [0.15, 0.2) is 109 Å². The SMILES string of the molecule is BBC1(C)c2ccccc2-c2cccc3c(-c4ccc5ccccc5c4)c4ccccc4c1c23. The van der Waals surface area contributed by atoms with Crippen LogP contribution in [0.4, 0.5) is 0 Å². The zero-order valence-electron chi connectivity index (χ0n) is 19.6. The summed E-state index contributed by atoms with van der Waals surface area (Å²) in [5, 5.41) is 8.04. The highest BCUT2D eigenvalue weighted by Gasteiger charge is 2.38. The molecule has 7 rings (SSSR count). The van der Waals surface area contributed by atoms with Crippen molar-refractivity contribution in [1.82, 2.24) is 0 Å². The molecule has 0 aliphatic heterocycles. The van der Waals surface area contributed by atoms with Gasteiger partial charge in [-0.1, -0.05) is 110 Å². The molecule has 0 N–H and O–H groups in total. The second-order valence-corrected chi connectivity index (χ2v) is 9.82. The molecule has 158 valence electrons. The molecule has 1 atom stereocenters. The summed E-state index contributed by atoms with van der Waals surface area (Å²) in [5.41, 5.74) is 8.31. The number of rotatable bonds is 2. The third-order valence-electron chi connectivity index (χ3n) is 8.16. The summed E-state index contributed by atoms with van der Waals surface area (Å²) in [7, 11) is 3.40. The van der Waals surface area contributed by atoms with E-state index >= 15 is 0 Å². The average Bonchev–Trinajstić information content (AvgIpc) is 2.90. The van der Waals surface area contributed by atoms with Crippen LogP contribution in [0.3, 0.4) is 0 Å². The van der Waals surface area contributed by atoms with E-state index < -0.39 is 0 Å². The number of hydrogen-bond donors (Lipinski definition) is 0. The Hall–Kier alpha value is -3.77. The molecule has 6 aromatic carbocycles. The van der Waals surface area contributed by atoms with Gasteiger partial charge < -0.3 is 0 Å². The second-order valence-electron chi connectivity index (χ2n) is 9.82. The average molecular weight is 430 g/mol. The van der Waals surface area contributed by atoms with Crippen LogP contribution in [-0.2, 0) is 5.31 Å². The normalized spacial score (nSPS) is 16.6. The van der Waals surface area contributed by atoms with Gasteiger partial charge in [0.25, 0.3) is 0 Å². The van der Waals surface area contributed by atoms with Gasteiger partial charge in [0, 0.05) is 0 Å². The first kappa shape index (κ1) is 19.7. The lowest BCUT2D eigenvalue weighted by atomic mass is 9.34. The molecule has 0 radical (unpaired) electrons. The van der Waals surface area contributed by atoms with Gasteiger partial charge in [-0.25, -0.2) is 0 Å². The summed E-state index contributed by atoms with van der Waals surface area (Å²) in [6, 6.07) is 40.6. The Labute approximate surface area is 201 Å². The highest BCUT2D eigenvalue weighted by Crippen LogP contribution is 2.53. The topological polar surface area (TPSA) is 0 Å². The maximum absolute atomic E-state index is 2.44. The lowest BCUT2D eigenvalue weighted by Gasteiger charge is -2.39. The van der Waals surface area contributed by atoms with Crippen molar-refractivity contribution in [3.05, 3.63) is 120 Å². The van der Waals surface area contributed by atoms with Crippen molar-refractivity contribution in [3.8, 4) is 22.3 Å². The molecular weight excluding hydrogens is 406 g/mol. The fourth-order valence-electron chi connectivity index (χ4n) is 6.38. The maximum Gasteiger partial charge on any atom is 0.101 e. The smallest absolute Gasteiger partial charge is 0.0619 e. The molecule has 34 heavy (non-hydrogen) atoms. The first-order chi connectivity index (χ1) is 16.7. The minimum atomic E-state index is -0.0370. The van der Waals surface area contributed by atoms with Crippen molar-refractivity contribution in [2.45, 2.75) is 12.2 Å². The van der Waals surface area contributed by atoms with Crippen molar-refractivity contribution in [1.29, 1.82) is 0 Å². The summed E-state index contributed by atoms with van der Waals surface area (Å²) in [5.74, 6) is 0. The van der Waals surface area contributed by atoms with Crippen LogP contribution >= 0.6 is 0 Å². The van der Waals surface area contributed by atoms with Crippen LogP contribution in [-0.4, -0.2) is 14.9 Å². The molecule has 0 heterocycles. The van der Waals surface area contributed by atoms with Crippen molar-refractivity contribution < 1.29 is 0 Å². The van der Waals surface area contributed by atoms with E-state index in [4.69, 9.17) is 0 Å². The summed E-state index contributed by atoms with van der Waals surface area (Å²) < 4.78 is 0. The largest absolute Gasteiger partial charge is 0.101 e. The van der Waals surface area contributed by atoms with Gasteiger partial charge in [0.05, 0.1) is 7.74 Å². The van der Waals surface area contributed by atoms with Gasteiger partial charge in [-0.2, -0.15) is 0 Å². The molecule has 0 nitrogen and oxygen atoms in total. The summed E-state index contributed by atoms with van der Waals surface area (Å²) >= 11 is 0. The van der Waals surface area contributed by atoms with Gasteiger partial charge in [0.15, 0.2) is 0 Å². The molecule has 0 amide bonds. The fraction of sp³-hybridized carbons (Fsp3) is 0.0625. The van der Waals surface area contributed by atoms with Gasteiger partial charge in [0.1, 0.15) is 7.17 Å². The standard InChI is InChI=1S/C32H24B2/c1-32(34-33)28-16-7-6-11-23(28)24-14-8-15-27-29(22-18-17-20-9-2-3-10-21(20)19-22)25-12-4-5-13-26(25)31(32)30(24)27/h2-19,34H,33H2,1H3. The summed E-state index contributed by atoms with van der Waals surface area (Å²) in [6.07, 6.45) is 0. The molecule has 0 fully saturated rings. The molecule has 0 aromatic heterocycles. The predicted octanol–water partition coefficient (Wildman–Crippen LogP) is 7.04. The molecule has 2 heteroatoms.